The first-order valence-corrected chi connectivity index (χ1v) is 10.3. The lowest BCUT2D eigenvalue weighted by molar-refractivity contribution is -0.0514. The molecule has 2 N–H and O–H groups in total. The van der Waals surface area contributed by atoms with Crippen molar-refractivity contribution in [3.05, 3.63) is 23.8 Å². The van der Waals surface area contributed by atoms with Crippen LogP contribution in [0.2, 0.25) is 0 Å². The molecule has 1 aliphatic rings. The fourth-order valence-electron chi connectivity index (χ4n) is 3.39. The van der Waals surface area contributed by atoms with Gasteiger partial charge in [0.15, 0.2) is 17.5 Å². The maximum atomic E-state index is 12.6. The van der Waals surface area contributed by atoms with Gasteiger partial charge in [0.1, 0.15) is 0 Å². The third-order valence-corrected chi connectivity index (χ3v) is 4.98. The molecule has 6 nitrogen and oxygen atoms in total. The fourth-order valence-corrected chi connectivity index (χ4v) is 3.39. The molecule has 0 bridgehead atoms. The molecule has 2 unspecified atom stereocenters. The largest absolute Gasteiger partial charge is 0.490 e. The Morgan fingerprint density at radius 2 is 1.97 bits per heavy atom. The number of alkyl halides is 2. The Morgan fingerprint density at radius 3 is 2.53 bits per heavy atom. The summed E-state index contributed by atoms with van der Waals surface area (Å²) in [6, 6.07) is 5.78. The molecule has 1 fully saturated rings. The number of guanidine groups is 1. The number of likely N-dealkylation sites (tertiary alicyclic amines) is 1. The molecule has 1 saturated heterocycles. The van der Waals surface area contributed by atoms with Crippen LogP contribution in [0.15, 0.2) is 23.2 Å². The van der Waals surface area contributed by atoms with Crippen LogP contribution in [0.1, 0.15) is 40.2 Å². The topological polar surface area (TPSA) is 58.1 Å². The van der Waals surface area contributed by atoms with Gasteiger partial charge >= 0.3 is 6.61 Å². The molecule has 1 heterocycles. The van der Waals surface area contributed by atoms with E-state index in [1.165, 1.54) is 6.07 Å². The minimum Gasteiger partial charge on any atom is -0.490 e. The number of benzene rings is 1. The Labute approximate surface area is 195 Å². The smallest absolute Gasteiger partial charge is 0.387 e. The number of hydrogen-bond donors (Lipinski definition) is 2. The number of nitrogens with zero attached hydrogens (tertiary/aromatic N) is 2. The molecule has 9 heteroatoms. The standard InChI is InChI=1S/C21H34F2N4O2.HI/c1-6-24-21(26-17-13-27(14(3)4)12-15(17)5)25-11-16-8-9-18(29-20(22)23)19(10-16)28-7-2;/h8-10,14-15,17,20H,6-7,11-13H2,1-5H3,(H2,24,25,26);1H. The zero-order chi connectivity index (χ0) is 21.4. The van der Waals surface area contributed by atoms with Gasteiger partial charge in [0, 0.05) is 31.7 Å². The summed E-state index contributed by atoms with van der Waals surface area (Å²) in [5.74, 6) is 1.61. The van der Waals surface area contributed by atoms with Gasteiger partial charge in [-0.25, -0.2) is 4.99 Å². The SMILES string of the molecule is CCNC(=NCc1ccc(OC(F)F)c(OCC)c1)NC1CN(C(C)C)CC1C.I. The summed E-state index contributed by atoms with van der Waals surface area (Å²) in [5, 5.41) is 6.83. The first kappa shape index (κ1) is 26.7. The Bertz CT molecular complexity index is 676. The normalized spacial score (nSPS) is 19.7. The van der Waals surface area contributed by atoms with Crippen molar-refractivity contribution in [2.45, 2.75) is 59.9 Å². The van der Waals surface area contributed by atoms with Crippen LogP contribution in [0.25, 0.3) is 0 Å². The van der Waals surface area contributed by atoms with Gasteiger partial charge in [0.2, 0.25) is 0 Å². The summed E-state index contributed by atoms with van der Waals surface area (Å²) in [6.45, 7) is 11.2. The van der Waals surface area contributed by atoms with Crippen molar-refractivity contribution in [1.82, 2.24) is 15.5 Å². The van der Waals surface area contributed by atoms with Gasteiger partial charge in [-0.3, -0.25) is 4.90 Å². The summed E-state index contributed by atoms with van der Waals surface area (Å²) in [7, 11) is 0. The monoisotopic (exact) mass is 540 g/mol. The molecular weight excluding hydrogens is 505 g/mol. The molecule has 0 aromatic heterocycles. The molecule has 0 spiro atoms. The Kier molecular flexibility index (Phi) is 11.7. The van der Waals surface area contributed by atoms with E-state index >= 15 is 0 Å². The molecule has 1 aliphatic heterocycles. The Hall–Kier alpha value is -1.36. The van der Waals surface area contributed by atoms with Crippen molar-refractivity contribution in [1.29, 1.82) is 0 Å². The number of ether oxygens (including phenoxy) is 2. The molecule has 0 amide bonds. The first-order valence-electron chi connectivity index (χ1n) is 10.3. The average molecular weight is 540 g/mol. The van der Waals surface area contributed by atoms with Crippen LogP contribution in [0, 0.1) is 5.92 Å². The van der Waals surface area contributed by atoms with Crippen LogP contribution in [-0.4, -0.2) is 55.8 Å². The third-order valence-electron chi connectivity index (χ3n) is 4.98. The second kappa shape index (κ2) is 13.1. The molecule has 1 aromatic carbocycles. The molecular formula is C21H35F2IN4O2. The lowest BCUT2D eigenvalue weighted by Crippen LogP contribution is -2.46. The summed E-state index contributed by atoms with van der Waals surface area (Å²) in [5.41, 5.74) is 0.857. The summed E-state index contributed by atoms with van der Waals surface area (Å²) < 4.78 is 35.1. The van der Waals surface area contributed by atoms with E-state index in [0.717, 1.165) is 31.2 Å². The van der Waals surface area contributed by atoms with Gasteiger partial charge in [0.05, 0.1) is 13.2 Å². The molecule has 0 radical (unpaired) electrons. The molecule has 30 heavy (non-hydrogen) atoms. The minimum absolute atomic E-state index is 0. The Balaban J connectivity index is 0.00000450. The van der Waals surface area contributed by atoms with Gasteiger partial charge in [-0.15, -0.1) is 24.0 Å². The second-order valence-electron chi connectivity index (χ2n) is 7.56. The van der Waals surface area contributed by atoms with E-state index in [2.05, 4.69) is 46.0 Å². The number of hydrogen-bond acceptors (Lipinski definition) is 4. The van der Waals surface area contributed by atoms with E-state index in [1.54, 1.807) is 19.1 Å². The van der Waals surface area contributed by atoms with Gasteiger partial charge < -0.3 is 20.1 Å². The third kappa shape index (κ3) is 8.05. The van der Waals surface area contributed by atoms with Crippen LogP contribution in [-0.2, 0) is 6.54 Å². The molecule has 2 rings (SSSR count). The fraction of sp³-hybridized carbons (Fsp3) is 0.667. The van der Waals surface area contributed by atoms with Crippen LogP contribution >= 0.6 is 24.0 Å². The molecule has 0 aliphatic carbocycles. The summed E-state index contributed by atoms with van der Waals surface area (Å²) in [6.07, 6.45) is 0. The number of aliphatic imine (C=N–C) groups is 1. The first-order chi connectivity index (χ1) is 13.8. The van der Waals surface area contributed by atoms with Crippen molar-refractivity contribution in [2.75, 3.05) is 26.2 Å². The van der Waals surface area contributed by atoms with E-state index in [9.17, 15) is 8.78 Å². The van der Waals surface area contributed by atoms with Crippen molar-refractivity contribution >= 4 is 29.9 Å². The highest BCUT2D eigenvalue weighted by atomic mass is 127. The van der Waals surface area contributed by atoms with E-state index in [-0.39, 0.29) is 29.7 Å². The second-order valence-corrected chi connectivity index (χ2v) is 7.56. The molecule has 0 saturated carbocycles. The predicted molar refractivity (Wildman–Crippen MR) is 127 cm³/mol. The maximum absolute atomic E-state index is 12.6. The molecule has 2 atom stereocenters. The highest BCUT2D eigenvalue weighted by Crippen LogP contribution is 2.30. The lowest BCUT2D eigenvalue weighted by Gasteiger charge is -2.22. The van der Waals surface area contributed by atoms with E-state index in [0.29, 0.717) is 36.9 Å². The van der Waals surface area contributed by atoms with Crippen molar-refractivity contribution < 1.29 is 18.3 Å². The minimum atomic E-state index is -2.89. The van der Waals surface area contributed by atoms with E-state index in [4.69, 9.17) is 4.74 Å². The van der Waals surface area contributed by atoms with Crippen molar-refractivity contribution in [3.63, 3.8) is 0 Å². The van der Waals surface area contributed by atoms with Gasteiger partial charge in [-0.05, 0) is 51.3 Å². The zero-order valence-electron chi connectivity index (χ0n) is 18.5. The number of nitrogens with one attached hydrogen (secondary N) is 2. The summed E-state index contributed by atoms with van der Waals surface area (Å²) in [4.78, 5) is 7.14. The quantitative estimate of drug-likeness (QED) is 0.281. The average Bonchev–Trinajstić information content (AvgIpc) is 3.02. The Morgan fingerprint density at radius 1 is 1.23 bits per heavy atom. The van der Waals surface area contributed by atoms with Crippen molar-refractivity contribution in [3.8, 4) is 11.5 Å². The highest BCUT2D eigenvalue weighted by Gasteiger charge is 2.31. The van der Waals surface area contributed by atoms with Crippen LogP contribution in [0.4, 0.5) is 8.78 Å². The number of rotatable bonds is 9. The predicted octanol–water partition coefficient (Wildman–Crippen LogP) is 4.09. The zero-order valence-corrected chi connectivity index (χ0v) is 20.8. The molecule has 172 valence electrons. The van der Waals surface area contributed by atoms with Gasteiger partial charge in [-0.2, -0.15) is 8.78 Å². The van der Waals surface area contributed by atoms with Crippen molar-refractivity contribution in [2.24, 2.45) is 10.9 Å². The van der Waals surface area contributed by atoms with Crippen LogP contribution in [0.5, 0.6) is 11.5 Å². The van der Waals surface area contributed by atoms with Crippen LogP contribution in [0.3, 0.4) is 0 Å². The number of halogens is 3. The van der Waals surface area contributed by atoms with E-state index in [1.807, 2.05) is 6.92 Å². The van der Waals surface area contributed by atoms with Gasteiger partial charge in [0.25, 0.3) is 0 Å². The lowest BCUT2D eigenvalue weighted by atomic mass is 10.1. The molecule has 1 aromatic rings. The summed E-state index contributed by atoms with van der Waals surface area (Å²) >= 11 is 0. The van der Waals surface area contributed by atoms with Crippen LogP contribution < -0.4 is 20.1 Å². The maximum Gasteiger partial charge on any atom is 0.387 e. The highest BCUT2D eigenvalue weighted by molar-refractivity contribution is 14.0. The van der Waals surface area contributed by atoms with Gasteiger partial charge in [-0.1, -0.05) is 13.0 Å². The van der Waals surface area contributed by atoms with E-state index < -0.39 is 6.61 Å².